The molecule has 152 valence electrons. The Hall–Kier alpha value is -2.75. The molecule has 0 aliphatic heterocycles. The fourth-order valence-electron chi connectivity index (χ4n) is 2.47. The summed E-state index contributed by atoms with van der Waals surface area (Å²) in [6.07, 6.45) is -4.65. The van der Waals surface area contributed by atoms with Crippen LogP contribution in [0.3, 0.4) is 0 Å². The lowest BCUT2D eigenvalue weighted by atomic mass is 10.1. The highest BCUT2D eigenvalue weighted by Crippen LogP contribution is 2.35. The smallest absolute Gasteiger partial charge is 0.416 e. The van der Waals surface area contributed by atoms with Gasteiger partial charge in [-0.15, -0.1) is 0 Å². The number of rotatable bonds is 7. The molecule has 0 unspecified atom stereocenters. The number of nitrogens with one attached hydrogen (secondary N) is 1. The number of aryl methyl sites for hydroxylation is 1. The van der Waals surface area contributed by atoms with Crippen molar-refractivity contribution >= 4 is 27.4 Å². The van der Waals surface area contributed by atoms with Crippen LogP contribution in [0.5, 0.6) is 0 Å². The third kappa shape index (κ3) is 5.38. The van der Waals surface area contributed by atoms with Crippen molar-refractivity contribution in [3.63, 3.8) is 0 Å². The molecule has 0 aromatic heterocycles. The number of nitrogens with zero attached hydrogens (tertiary/aromatic N) is 1. The second-order valence-electron chi connectivity index (χ2n) is 6.25. The van der Waals surface area contributed by atoms with Gasteiger partial charge in [0.2, 0.25) is 0 Å². The summed E-state index contributed by atoms with van der Waals surface area (Å²) < 4.78 is 66.4. The van der Waals surface area contributed by atoms with Crippen molar-refractivity contribution in [2.75, 3.05) is 23.7 Å². The molecule has 10 heteroatoms. The summed E-state index contributed by atoms with van der Waals surface area (Å²) in [5, 5.41) is 10.5. The van der Waals surface area contributed by atoms with Crippen LogP contribution in [-0.4, -0.2) is 28.5 Å². The molecule has 0 fully saturated rings. The van der Waals surface area contributed by atoms with Gasteiger partial charge in [0, 0.05) is 20.1 Å². The van der Waals surface area contributed by atoms with Crippen LogP contribution in [-0.2, 0) is 27.4 Å². The highest BCUT2D eigenvalue weighted by atomic mass is 32.2. The van der Waals surface area contributed by atoms with Crippen molar-refractivity contribution in [3.8, 4) is 0 Å². The summed E-state index contributed by atoms with van der Waals surface area (Å²) in [6.45, 7) is 0. The molecule has 0 aliphatic carbocycles. The molecular formula is C18H18F3N2O4S-. The number of carboxylic acids is 1. The van der Waals surface area contributed by atoms with Crippen LogP contribution in [0.2, 0.25) is 0 Å². The number of aliphatic carboxylic acids is 1. The number of hydrogen-bond donors (Lipinski definition) is 1. The maximum Gasteiger partial charge on any atom is 0.416 e. The van der Waals surface area contributed by atoms with Crippen LogP contribution < -0.4 is 14.7 Å². The maximum absolute atomic E-state index is 13.0. The number of carboxylic acid groups (broad SMARTS) is 1. The Kier molecular flexibility index (Phi) is 6.23. The zero-order chi connectivity index (χ0) is 21.1. The molecule has 0 amide bonds. The topological polar surface area (TPSA) is 89.5 Å². The number of anilines is 2. The first kappa shape index (κ1) is 21.5. The van der Waals surface area contributed by atoms with E-state index in [0.29, 0.717) is 5.56 Å². The molecule has 0 atom stereocenters. The van der Waals surface area contributed by atoms with Crippen LogP contribution in [0.4, 0.5) is 24.5 Å². The van der Waals surface area contributed by atoms with E-state index < -0.39 is 27.7 Å². The maximum atomic E-state index is 13.0. The number of carbonyl (C=O) groups is 1. The second kappa shape index (κ2) is 8.09. The summed E-state index contributed by atoms with van der Waals surface area (Å²) in [7, 11) is -1.00. The zero-order valence-electron chi connectivity index (χ0n) is 15.1. The summed E-state index contributed by atoms with van der Waals surface area (Å²) in [5.74, 6) is -1.22. The molecule has 0 saturated heterocycles. The van der Waals surface area contributed by atoms with Gasteiger partial charge in [-0.25, -0.2) is 8.42 Å². The van der Waals surface area contributed by atoms with Crippen molar-refractivity contribution in [3.05, 3.63) is 53.6 Å². The molecule has 2 aromatic carbocycles. The van der Waals surface area contributed by atoms with E-state index in [1.807, 2.05) is 0 Å². The van der Waals surface area contributed by atoms with Gasteiger partial charge in [-0.2, -0.15) is 13.2 Å². The Labute approximate surface area is 160 Å². The predicted molar refractivity (Wildman–Crippen MR) is 96.3 cm³/mol. The van der Waals surface area contributed by atoms with Gasteiger partial charge in [-0.05, 0) is 48.7 Å². The van der Waals surface area contributed by atoms with E-state index in [9.17, 15) is 31.5 Å². The van der Waals surface area contributed by atoms with E-state index in [-0.39, 0.29) is 29.1 Å². The average Bonchev–Trinajstić information content (AvgIpc) is 2.59. The number of benzene rings is 2. The second-order valence-corrected chi connectivity index (χ2v) is 7.93. The van der Waals surface area contributed by atoms with Crippen molar-refractivity contribution in [1.82, 2.24) is 0 Å². The SMILES string of the molecule is CN(C)c1ccc(C(F)(F)F)cc1NS(=O)(=O)c1ccc(CCC(=O)[O-])cc1. The highest BCUT2D eigenvalue weighted by Gasteiger charge is 2.31. The van der Waals surface area contributed by atoms with Gasteiger partial charge in [-0.1, -0.05) is 12.1 Å². The standard InChI is InChI=1S/C18H19F3N2O4S/c1-23(2)16-9-6-13(18(19,20)21)11-15(16)22-28(26,27)14-7-3-12(4-8-14)5-10-17(24)25/h3-4,6-9,11,22H,5,10H2,1-2H3,(H,24,25)/p-1. The van der Waals surface area contributed by atoms with Crippen molar-refractivity contribution in [2.24, 2.45) is 0 Å². The molecule has 6 nitrogen and oxygen atoms in total. The van der Waals surface area contributed by atoms with Crippen molar-refractivity contribution < 1.29 is 31.5 Å². The molecule has 0 heterocycles. The molecule has 1 N–H and O–H groups in total. The quantitative estimate of drug-likeness (QED) is 0.749. The molecule has 0 radical (unpaired) electrons. The van der Waals surface area contributed by atoms with E-state index in [4.69, 9.17) is 0 Å². The lowest BCUT2D eigenvalue weighted by Gasteiger charge is -2.20. The van der Waals surface area contributed by atoms with Crippen LogP contribution in [0, 0.1) is 0 Å². The minimum absolute atomic E-state index is 0.160. The molecule has 0 bridgehead atoms. The number of carbonyl (C=O) groups excluding carboxylic acids is 1. The van der Waals surface area contributed by atoms with Gasteiger partial charge >= 0.3 is 6.18 Å². The molecular weight excluding hydrogens is 397 g/mol. The summed E-state index contributed by atoms with van der Waals surface area (Å²) in [5.41, 5.74) is -0.326. The molecule has 2 aromatic rings. The highest BCUT2D eigenvalue weighted by molar-refractivity contribution is 7.92. The number of sulfonamides is 1. The largest absolute Gasteiger partial charge is 0.550 e. The molecule has 0 saturated carbocycles. The Morgan fingerprint density at radius 1 is 1.11 bits per heavy atom. The Balaban J connectivity index is 2.33. The molecule has 0 spiro atoms. The first-order valence-corrected chi connectivity index (χ1v) is 9.58. The van der Waals surface area contributed by atoms with Gasteiger partial charge in [0.15, 0.2) is 0 Å². The van der Waals surface area contributed by atoms with Gasteiger partial charge in [0.05, 0.1) is 21.8 Å². The summed E-state index contributed by atoms with van der Waals surface area (Å²) >= 11 is 0. The van der Waals surface area contributed by atoms with E-state index in [2.05, 4.69) is 4.72 Å². The number of hydrogen-bond acceptors (Lipinski definition) is 5. The molecule has 28 heavy (non-hydrogen) atoms. The minimum Gasteiger partial charge on any atom is -0.550 e. The normalized spacial score (nSPS) is 11.9. The van der Waals surface area contributed by atoms with Crippen molar-refractivity contribution in [2.45, 2.75) is 23.9 Å². The van der Waals surface area contributed by atoms with Gasteiger partial charge < -0.3 is 14.8 Å². The zero-order valence-corrected chi connectivity index (χ0v) is 15.9. The van der Waals surface area contributed by atoms with E-state index in [1.54, 1.807) is 14.1 Å². The Morgan fingerprint density at radius 2 is 1.71 bits per heavy atom. The van der Waals surface area contributed by atoms with Crippen LogP contribution in [0.25, 0.3) is 0 Å². The van der Waals surface area contributed by atoms with E-state index in [1.165, 1.54) is 35.2 Å². The predicted octanol–water partition coefficient (Wildman–Crippen LogP) is 2.25. The van der Waals surface area contributed by atoms with E-state index in [0.717, 1.165) is 12.1 Å². The fraction of sp³-hybridized carbons (Fsp3) is 0.278. The van der Waals surface area contributed by atoms with Gasteiger partial charge in [0.1, 0.15) is 0 Å². The molecule has 2 rings (SSSR count). The Morgan fingerprint density at radius 3 is 2.21 bits per heavy atom. The first-order valence-electron chi connectivity index (χ1n) is 8.10. The lowest BCUT2D eigenvalue weighted by molar-refractivity contribution is -0.305. The number of alkyl halides is 3. The average molecular weight is 415 g/mol. The minimum atomic E-state index is -4.62. The van der Waals surface area contributed by atoms with Gasteiger partial charge in [0.25, 0.3) is 10.0 Å². The molecule has 0 aliphatic rings. The summed E-state index contributed by atoms with van der Waals surface area (Å²) in [4.78, 5) is 11.8. The third-order valence-corrected chi connectivity index (χ3v) is 5.28. The van der Waals surface area contributed by atoms with Crippen LogP contribution in [0.15, 0.2) is 47.4 Å². The first-order chi connectivity index (χ1) is 12.9. The third-order valence-electron chi connectivity index (χ3n) is 3.90. The monoisotopic (exact) mass is 415 g/mol. The fourth-order valence-corrected chi connectivity index (χ4v) is 3.53. The van der Waals surface area contributed by atoms with Gasteiger partial charge in [-0.3, -0.25) is 4.72 Å². The lowest BCUT2D eigenvalue weighted by Crippen LogP contribution is -2.22. The summed E-state index contributed by atoms with van der Waals surface area (Å²) in [6, 6.07) is 8.20. The van der Waals surface area contributed by atoms with Crippen molar-refractivity contribution in [1.29, 1.82) is 0 Å². The Bertz CT molecular complexity index is 956. The number of halogens is 3. The van der Waals surface area contributed by atoms with Crippen LogP contribution >= 0.6 is 0 Å². The van der Waals surface area contributed by atoms with Crippen LogP contribution in [0.1, 0.15) is 17.5 Å². The van der Waals surface area contributed by atoms with E-state index >= 15 is 0 Å².